The summed E-state index contributed by atoms with van der Waals surface area (Å²) >= 11 is 9.22. The zero-order chi connectivity index (χ0) is 20.4. The van der Waals surface area contributed by atoms with E-state index >= 15 is 0 Å². The number of methoxy groups -OCH3 is 2. The molecule has 1 saturated heterocycles. The van der Waals surface area contributed by atoms with Crippen LogP contribution in [0.4, 0.5) is 10.5 Å². The van der Waals surface area contributed by atoms with E-state index in [9.17, 15) is 14.4 Å². The van der Waals surface area contributed by atoms with Crippen LogP contribution >= 0.6 is 27.5 Å². The number of benzene rings is 2. The van der Waals surface area contributed by atoms with Gasteiger partial charge in [0.25, 0.3) is 11.8 Å². The number of halogens is 2. The van der Waals surface area contributed by atoms with Crippen molar-refractivity contribution in [2.24, 2.45) is 0 Å². The third-order valence-corrected chi connectivity index (χ3v) is 4.86. The minimum atomic E-state index is -0.836. The quantitative estimate of drug-likeness (QED) is 0.549. The summed E-state index contributed by atoms with van der Waals surface area (Å²) in [5.41, 5.74) is 0.525. The van der Waals surface area contributed by atoms with Gasteiger partial charge in [-0.25, -0.2) is 9.69 Å². The number of carbonyl (C=O) groups is 3. The molecule has 9 heteroatoms. The second-order valence-corrected chi connectivity index (χ2v) is 6.95. The van der Waals surface area contributed by atoms with Crippen LogP contribution in [0.25, 0.3) is 6.08 Å². The molecule has 2 aromatic carbocycles. The first-order valence-corrected chi connectivity index (χ1v) is 9.11. The van der Waals surface area contributed by atoms with Crippen molar-refractivity contribution in [3.8, 4) is 11.5 Å². The minimum absolute atomic E-state index is 0.218. The van der Waals surface area contributed by atoms with Gasteiger partial charge in [-0.05, 0) is 52.3 Å². The molecule has 0 radical (unpaired) electrons. The fraction of sp³-hybridized carbons (Fsp3) is 0.105. The van der Waals surface area contributed by atoms with Crippen LogP contribution in [0.5, 0.6) is 11.5 Å². The van der Waals surface area contributed by atoms with Gasteiger partial charge in [0.05, 0.1) is 24.4 Å². The average Bonchev–Trinajstić information content (AvgIpc) is 2.66. The predicted molar refractivity (Wildman–Crippen MR) is 108 cm³/mol. The number of barbiturate groups is 1. The molecule has 1 aliphatic rings. The lowest BCUT2D eigenvalue weighted by Crippen LogP contribution is -2.54. The SMILES string of the molecule is COc1cc(OC)c(/C=C2/C(=O)NC(=O)N(c3ccc(Cl)cc3)C2=O)cc1Br. The van der Waals surface area contributed by atoms with Crippen LogP contribution < -0.4 is 19.7 Å². The van der Waals surface area contributed by atoms with Gasteiger partial charge in [-0.3, -0.25) is 14.9 Å². The Bertz CT molecular complexity index is 1000. The summed E-state index contributed by atoms with van der Waals surface area (Å²) < 4.78 is 11.1. The van der Waals surface area contributed by atoms with Gasteiger partial charge in [0, 0.05) is 16.7 Å². The number of hydrogen-bond acceptors (Lipinski definition) is 5. The fourth-order valence-corrected chi connectivity index (χ4v) is 3.28. The number of anilines is 1. The monoisotopic (exact) mass is 464 g/mol. The van der Waals surface area contributed by atoms with Gasteiger partial charge in [0.15, 0.2) is 0 Å². The Balaban J connectivity index is 2.07. The summed E-state index contributed by atoms with van der Waals surface area (Å²) in [5.74, 6) is -0.640. The smallest absolute Gasteiger partial charge is 0.335 e. The number of carbonyl (C=O) groups excluding carboxylic acids is 3. The molecular weight excluding hydrogens is 452 g/mol. The number of amides is 4. The zero-order valence-electron chi connectivity index (χ0n) is 14.8. The first-order chi connectivity index (χ1) is 13.3. The first kappa shape index (κ1) is 19.9. The fourth-order valence-electron chi connectivity index (χ4n) is 2.63. The molecule has 0 aromatic heterocycles. The van der Waals surface area contributed by atoms with Crippen LogP contribution in [0.1, 0.15) is 5.56 Å². The van der Waals surface area contributed by atoms with E-state index in [0.29, 0.717) is 26.6 Å². The molecular formula is C19H14BrClN2O5. The van der Waals surface area contributed by atoms with Gasteiger partial charge >= 0.3 is 6.03 Å². The molecule has 144 valence electrons. The molecule has 1 fully saturated rings. The summed E-state index contributed by atoms with van der Waals surface area (Å²) in [7, 11) is 2.96. The van der Waals surface area contributed by atoms with Gasteiger partial charge < -0.3 is 9.47 Å². The molecule has 0 spiro atoms. The maximum atomic E-state index is 12.9. The second kappa shape index (κ2) is 8.04. The van der Waals surface area contributed by atoms with E-state index < -0.39 is 17.8 Å². The molecule has 0 atom stereocenters. The van der Waals surface area contributed by atoms with Crippen molar-refractivity contribution in [3.63, 3.8) is 0 Å². The highest BCUT2D eigenvalue weighted by molar-refractivity contribution is 9.10. The van der Waals surface area contributed by atoms with Crippen LogP contribution in [0.15, 0.2) is 46.4 Å². The van der Waals surface area contributed by atoms with E-state index in [0.717, 1.165) is 4.90 Å². The topological polar surface area (TPSA) is 84.9 Å². The lowest BCUT2D eigenvalue weighted by Gasteiger charge is -2.26. The molecule has 1 aliphatic heterocycles. The van der Waals surface area contributed by atoms with Crippen molar-refractivity contribution in [2.45, 2.75) is 0 Å². The van der Waals surface area contributed by atoms with E-state index in [2.05, 4.69) is 21.2 Å². The predicted octanol–water partition coefficient (Wildman–Crippen LogP) is 3.79. The van der Waals surface area contributed by atoms with Gasteiger partial charge in [-0.15, -0.1) is 0 Å². The molecule has 0 unspecified atom stereocenters. The van der Waals surface area contributed by atoms with Crippen LogP contribution in [-0.4, -0.2) is 32.1 Å². The van der Waals surface area contributed by atoms with Crippen molar-refractivity contribution in [1.29, 1.82) is 0 Å². The Kier molecular flexibility index (Phi) is 5.71. The number of imide groups is 2. The van der Waals surface area contributed by atoms with Crippen LogP contribution in [-0.2, 0) is 9.59 Å². The van der Waals surface area contributed by atoms with E-state index in [1.54, 1.807) is 24.3 Å². The van der Waals surface area contributed by atoms with Crippen LogP contribution in [0.3, 0.4) is 0 Å². The molecule has 7 nitrogen and oxygen atoms in total. The summed E-state index contributed by atoms with van der Waals surface area (Å²) in [6, 6.07) is 8.53. The molecule has 1 heterocycles. The van der Waals surface area contributed by atoms with Gasteiger partial charge in [0.2, 0.25) is 0 Å². The van der Waals surface area contributed by atoms with E-state index in [-0.39, 0.29) is 11.3 Å². The highest BCUT2D eigenvalue weighted by atomic mass is 79.9. The molecule has 0 bridgehead atoms. The van der Waals surface area contributed by atoms with Gasteiger partial charge in [-0.1, -0.05) is 11.6 Å². The largest absolute Gasteiger partial charge is 0.496 e. The number of ether oxygens (including phenoxy) is 2. The van der Waals surface area contributed by atoms with E-state index in [4.69, 9.17) is 21.1 Å². The summed E-state index contributed by atoms with van der Waals surface area (Å²) in [6.45, 7) is 0. The number of nitrogens with one attached hydrogen (secondary N) is 1. The standard InChI is InChI=1S/C19H14BrClN2O5/c1-27-15-9-16(28-2)14(20)8-10(15)7-13-17(24)22-19(26)23(18(13)25)12-5-3-11(21)4-6-12/h3-9H,1-2H3,(H,22,24,26)/b13-7-. The van der Waals surface area contributed by atoms with E-state index in [1.165, 1.54) is 32.4 Å². The molecule has 28 heavy (non-hydrogen) atoms. The van der Waals surface area contributed by atoms with Gasteiger partial charge in [0.1, 0.15) is 17.1 Å². The molecule has 4 amide bonds. The highest BCUT2D eigenvalue weighted by Gasteiger charge is 2.37. The minimum Gasteiger partial charge on any atom is -0.496 e. The van der Waals surface area contributed by atoms with Crippen molar-refractivity contribution in [1.82, 2.24) is 5.32 Å². The van der Waals surface area contributed by atoms with Crippen molar-refractivity contribution < 1.29 is 23.9 Å². The van der Waals surface area contributed by atoms with Gasteiger partial charge in [-0.2, -0.15) is 0 Å². The Labute approximate surface area is 174 Å². The molecule has 0 saturated carbocycles. The third-order valence-electron chi connectivity index (χ3n) is 3.99. The van der Waals surface area contributed by atoms with E-state index in [1.807, 2.05) is 0 Å². The highest BCUT2D eigenvalue weighted by Crippen LogP contribution is 2.34. The first-order valence-electron chi connectivity index (χ1n) is 7.94. The number of rotatable bonds is 4. The maximum absolute atomic E-state index is 12.9. The lowest BCUT2D eigenvalue weighted by molar-refractivity contribution is -0.122. The number of hydrogen-bond donors (Lipinski definition) is 1. The number of nitrogens with zero attached hydrogens (tertiary/aromatic N) is 1. The zero-order valence-corrected chi connectivity index (χ0v) is 17.1. The molecule has 0 aliphatic carbocycles. The Hall–Kier alpha value is -2.84. The van der Waals surface area contributed by atoms with Crippen LogP contribution in [0.2, 0.25) is 5.02 Å². The molecule has 2 aromatic rings. The Morgan fingerprint density at radius 3 is 2.29 bits per heavy atom. The number of urea groups is 1. The third kappa shape index (κ3) is 3.74. The summed E-state index contributed by atoms with van der Waals surface area (Å²) in [5, 5.41) is 2.62. The summed E-state index contributed by atoms with van der Waals surface area (Å²) in [4.78, 5) is 38.3. The summed E-state index contributed by atoms with van der Waals surface area (Å²) in [6.07, 6.45) is 1.36. The van der Waals surface area contributed by atoms with Crippen molar-refractivity contribution in [3.05, 3.63) is 57.0 Å². The second-order valence-electron chi connectivity index (χ2n) is 5.66. The molecule has 1 N–H and O–H groups in total. The Morgan fingerprint density at radius 2 is 1.68 bits per heavy atom. The molecule has 3 rings (SSSR count). The Morgan fingerprint density at radius 1 is 1.04 bits per heavy atom. The van der Waals surface area contributed by atoms with Crippen molar-refractivity contribution >= 4 is 57.1 Å². The maximum Gasteiger partial charge on any atom is 0.335 e. The normalized spacial score (nSPS) is 15.6. The lowest BCUT2D eigenvalue weighted by atomic mass is 10.1. The van der Waals surface area contributed by atoms with Crippen molar-refractivity contribution in [2.75, 3.05) is 19.1 Å². The van der Waals surface area contributed by atoms with Crippen LogP contribution in [0, 0.1) is 0 Å². The average molecular weight is 466 g/mol.